The van der Waals surface area contributed by atoms with Crippen molar-refractivity contribution < 1.29 is 9.47 Å². The lowest BCUT2D eigenvalue weighted by molar-refractivity contribution is 0.122. The number of benzene rings is 2. The van der Waals surface area contributed by atoms with Crippen LogP contribution in [0.15, 0.2) is 47.5 Å². The standard InChI is InChI=1S/C24H34N4O2.HI/c1-4-25-24(26-12-11-21-17-19(2)5-10-23(21)29-3)27-18-20-6-8-22(9-7-20)28-13-15-30-16-14-28;/h5-10,17H,4,11-16,18H2,1-3H3,(H2,25,26,27);1H. The Labute approximate surface area is 203 Å². The number of methoxy groups -OCH3 is 1. The van der Waals surface area contributed by atoms with E-state index in [1.807, 2.05) is 6.07 Å². The molecule has 3 rings (SSSR count). The molecule has 1 fully saturated rings. The third-order valence-corrected chi connectivity index (χ3v) is 5.20. The number of ether oxygens (including phenoxy) is 2. The summed E-state index contributed by atoms with van der Waals surface area (Å²) in [6, 6.07) is 15.0. The van der Waals surface area contributed by atoms with Gasteiger partial charge in [0, 0.05) is 31.9 Å². The topological polar surface area (TPSA) is 58.1 Å². The van der Waals surface area contributed by atoms with Crippen LogP contribution < -0.4 is 20.3 Å². The number of aliphatic imine (C=N–C) groups is 1. The maximum atomic E-state index is 5.48. The Balaban J connectivity index is 0.00000341. The lowest BCUT2D eigenvalue weighted by Crippen LogP contribution is -2.38. The first-order chi connectivity index (χ1) is 14.7. The van der Waals surface area contributed by atoms with Gasteiger partial charge in [0.2, 0.25) is 0 Å². The van der Waals surface area contributed by atoms with Gasteiger partial charge >= 0.3 is 0 Å². The maximum Gasteiger partial charge on any atom is 0.191 e. The molecular weight excluding hydrogens is 503 g/mol. The summed E-state index contributed by atoms with van der Waals surface area (Å²) in [5.41, 5.74) is 4.90. The van der Waals surface area contributed by atoms with Gasteiger partial charge in [-0.25, -0.2) is 4.99 Å². The molecule has 0 amide bonds. The first-order valence-electron chi connectivity index (χ1n) is 10.8. The van der Waals surface area contributed by atoms with Gasteiger partial charge in [-0.15, -0.1) is 24.0 Å². The molecule has 0 aliphatic carbocycles. The summed E-state index contributed by atoms with van der Waals surface area (Å²) in [4.78, 5) is 7.11. The van der Waals surface area contributed by atoms with Gasteiger partial charge in [-0.2, -0.15) is 0 Å². The predicted octanol–water partition coefficient (Wildman–Crippen LogP) is 3.76. The molecule has 6 nitrogen and oxygen atoms in total. The Morgan fingerprint density at radius 3 is 2.52 bits per heavy atom. The van der Waals surface area contributed by atoms with E-state index in [4.69, 9.17) is 14.5 Å². The first-order valence-corrected chi connectivity index (χ1v) is 10.8. The van der Waals surface area contributed by atoms with Gasteiger partial charge < -0.3 is 25.0 Å². The third kappa shape index (κ3) is 7.88. The van der Waals surface area contributed by atoms with E-state index >= 15 is 0 Å². The van der Waals surface area contributed by atoms with Crippen molar-refractivity contribution in [2.45, 2.75) is 26.8 Å². The Morgan fingerprint density at radius 2 is 1.84 bits per heavy atom. The molecule has 170 valence electrons. The van der Waals surface area contributed by atoms with Crippen LogP contribution in [0.3, 0.4) is 0 Å². The highest BCUT2D eigenvalue weighted by atomic mass is 127. The zero-order valence-electron chi connectivity index (χ0n) is 18.8. The normalized spacial score (nSPS) is 14.0. The minimum Gasteiger partial charge on any atom is -0.496 e. The molecule has 0 radical (unpaired) electrons. The number of nitrogens with zero attached hydrogens (tertiary/aromatic N) is 2. The van der Waals surface area contributed by atoms with Crippen molar-refractivity contribution in [1.82, 2.24) is 10.6 Å². The van der Waals surface area contributed by atoms with Crippen LogP contribution in [-0.4, -0.2) is 52.5 Å². The number of nitrogens with one attached hydrogen (secondary N) is 2. The second kappa shape index (κ2) is 13.4. The van der Waals surface area contributed by atoms with Gasteiger partial charge in [0.15, 0.2) is 5.96 Å². The Bertz CT molecular complexity index is 821. The summed E-state index contributed by atoms with van der Waals surface area (Å²) >= 11 is 0. The number of morpholine rings is 1. The Kier molecular flexibility index (Phi) is 10.9. The molecule has 0 aromatic heterocycles. The smallest absolute Gasteiger partial charge is 0.191 e. The van der Waals surface area contributed by atoms with Crippen molar-refractivity contribution >= 4 is 35.6 Å². The average molecular weight is 538 g/mol. The van der Waals surface area contributed by atoms with Crippen molar-refractivity contribution in [1.29, 1.82) is 0 Å². The fourth-order valence-corrected chi connectivity index (χ4v) is 3.56. The molecule has 0 saturated carbocycles. The molecule has 2 aromatic carbocycles. The summed E-state index contributed by atoms with van der Waals surface area (Å²) < 4.78 is 10.9. The number of aryl methyl sites for hydroxylation is 1. The van der Waals surface area contributed by atoms with E-state index < -0.39 is 0 Å². The van der Waals surface area contributed by atoms with E-state index in [1.165, 1.54) is 22.4 Å². The van der Waals surface area contributed by atoms with Gasteiger partial charge in [-0.05, 0) is 49.6 Å². The summed E-state index contributed by atoms with van der Waals surface area (Å²) in [5, 5.41) is 6.76. The monoisotopic (exact) mass is 538 g/mol. The summed E-state index contributed by atoms with van der Waals surface area (Å²) in [6.45, 7) is 9.97. The molecule has 31 heavy (non-hydrogen) atoms. The minimum absolute atomic E-state index is 0. The molecule has 1 saturated heterocycles. The molecule has 7 heteroatoms. The molecule has 1 aliphatic heterocycles. The van der Waals surface area contributed by atoms with E-state index in [9.17, 15) is 0 Å². The highest BCUT2D eigenvalue weighted by Crippen LogP contribution is 2.20. The fourth-order valence-electron chi connectivity index (χ4n) is 3.56. The Hall–Kier alpha value is -2.00. The molecule has 0 spiro atoms. The van der Waals surface area contributed by atoms with E-state index in [1.54, 1.807) is 7.11 Å². The number of hydrogen-bond acceptors (Lipinski definition) is 4. The summed E-state index contributed by atoms with van der Waals surface area (Å²) in [5.74, 6) is 1.77. The number of rotatable bonds is 8. The number of halogens is 1. The van der Waals surface area contributed by atoms with Crippen LogP contribution in [0.5, 0.6) is 5.75 Å². The van der Waals surface area contributed by atoms with Crippen LogP contribution >= 0.6 is 24.0 Å². The molecule has 0 atom stereocenters. The quantitative estimate of drug-likeness (QED) is 0.305. The van der Waals surface area contributed by atoms with Crippen molar-refractivity contribution in [2.75, 3.05) is 51.4 Å². The molecular formula is C24H35IN4O2. The van der Waals surface area contributed by atoms with Crippen LogP contribution in [-0.2, 0) is 17.7 Å². The highest BCUT2D eigenvalue weighted by molar-refractivity contribution is 14.0. The summed E-state index contributed by atoms with van der Waals surface area (Å²) in [6.07, 6.45) is 0.878. The second-order valence-corrected chi connectivity index (χ2v) is 7.45. The number of guanidine groups is 1. The first kappa shape index (κ1) is 25.3. The molecule has 1 heterocycles. The van der Waals surface area contributed by atoms with Gasteiger partial charge in [0.25, 0.3) is 0 Å². The van der Waals surface area contributed by atoms with Crippen LogP contribution in [0.2, 0.25) is 0 Å². The zero-order valence-corrected chi connectivity index (χ0v) is 21.1. The van der Waals surface area contributed by atoms with E-state index in [-0.39, 0.29) is 24.0 Å². The fraction of sp³-hybridized carbons (Fsp3) is 0.458. The van der Waals surface area contributed by atoms with Gasteiger partial charge in [0.05, 0.1) is 26.9 Å². The number of anilines is 1. The van der Waals surface area contributed by atoms with E-state index in [2.05, 4.69) is 65.8 Å². The molecule has 0 bridgehead atoms. The lowest BCUT2D eigenvalue weighted by atomic mass is 10.1. The van der Waals surface area contributed by atoms with E-state index in [0.29, 0.717) is 6.54 Å². The summed E-state index contributed by atoms with van der Waals surface area (Å²) in [7, 11) is 1.72. The van der Waals surface area contributed by atoms with Crippen molar-refractivity contribution in [3.8, 4) is 5.75 Å². The van der Waals surface area contributed by atoms with Crippen LogP contribution in [0, 0.1) is 6.92 Å². The lowest BCUT2D eigenvalue weighted by Gasteiger charge is -2.28. The molecule has 0 unspecified atom stereocenters. The maximum absolute atomic E-state index is 5.48. The van der Waals surface area contributed by atoms with Crippen LogP contribution in [0.25, 0.3) is 0 Å². The molecule has 1 aliphatic rings. The van der Waals surface area contributed by atoms with Crippen molar-refractivity contribution in [3.05, 3.63) is 59.2 Å². The average Bonchev–Trinajstić information content (AvgIpc) is 2.78. The third-order valence-electron chi connectivity index (χ3n) is 5.20. The SMILES string of the molecule is CCNC(=NCc1ccc(N2CCOCC2)cc1)NCCc1cc(C)ccc1OC.I. The van der Waals surface area contributed by atoms with Gasteiger partial charge in [-0.3, -0.25) is 0 Å². The van der Waals surface area contributed by atoms with Crippen molar-refractivity contribution in [3.63, 3.8) is 0 Å². The van der Waals surface area contributed by atoms with Gasteiger partial charge in [0.1, 0.15) is 5.75 Å². The molecule has 2 aromatic rings. The van der Waals surface area contributed by atoms with Crippen LogP contribution in [0.4, 0.5) is 5.69 Å². The number of hydrogen-bond donors (Lipinski definition) is 2. The van der Waals surface area contributed by atoms with Crippen molar-refractivity contribution in [2.24, 2.45) is 4.99 Å². The minimum atomic E-state index is 0. The molecule has 2 N–H and O–H groups in total. The Morgan fingerprint density at radius 1 is 1.10 bits per heavy atom. The van der Waals surface area contributed by atoms with Gasteiger partial charge in [-0.1, -0.05) is 29.8 Å². The second-order valence-electron chi connectivity index (χ2n) is 7.45. The van der Waals surface area contributed by atoms with E-state index in [0.717, 1.165) is 57.5 Å². The predicted molar refractivity (Wildman–Crippen MR) is 139 cm³/mol. The van der Waals surface area contributed by atoms with Crippen LogP contribution in [0.1, 0.15) is 23.6 Å². The highest BCUT2D eigenvalue weighted by Gasteiger charge is 2.10. The largest absolute Gasteiger partial charge is 0.496 e. The zero-order chi connectivity index (χ0) is 21.2.